The number of carbonyl (C=O) groups excluding carboxylic acids is 2. The van der Waals surface area contributed by atoms with Crippen molar-refractivity contribution in [3.8, 4) is 33.8 Å². The van der Waals surface area contributed by atoms with Crippen molar-refractivity contribution < 1.29 is 42.8 Å². The van der Waals surface area contributed by atoms with Gasteiger partial charge in [0.15, 0.2) is 0 Å². The number of hydrogen-bond donors (Lipinski definition) is 2. The van der Waals surface area contributed by atoms with Crippen molar-refractivity contribution in [1.29, 1.82) is 0 Å². The highest BCUT2D eigenvalue weighted by Crippen LogP contribution is 2.36. The maximum atomic E-state index is 13.3. The predicted octanol–water partition coefficient (Wildman–Crippen LogP) is 9.47. The quantitative estimate of drug-likeness (QED) is 0.0780. The summed E-state index contributed by atoms with van der Waals surface area (Å²) in [5, 5.41) is 24.0. The van der Waals surface area contributed by atoms with Crippen LogP contribution in [-0.4, -0.2) is 79.5 Å². The number of aliphatic hydroxyl groups is 1. The lowest BCUT2D eigenvalue weighted by Crippen LogP contribution is -2.04. The molecule has 0 bridgehead atoms. The Labute approximate surface area is 369 Å². The second-order valence-electron chi connectivity index (χ2n) is 13.6. The second-order valence-corrected chi connectivity index (χ2v) is 15.3. The van der Waals surface area contributed by atoms with Crippen LogP contribution in [0.15, 0.2) is 109 Å². The molecule has 6 aromatic heterocycles. The van der Waals surface area contributed by atoms with Crippen LogP contribution in [-0.2, 0) is 22.3 Å². The summed E-state index contributed by atoms with van der Waals surface area (Å²) in [6, 6.07) is 15.9. The fourth-order valence-electron chi connectivity index (χ4n) is 6.31. The molecule has 0 aliphatic carbocycles. The summed E-state index contributed by atoms with van der Waals surface area (Å²) in [6.45, 7) is 0.692. The molecule has 63 heavy (non-hydrogen) atoms. The molecule has 0 fully saturated rings. The average molecular weight is 893 g/mol. The summed E-state index contributed by atoms with van der Waals surface area (Å²) in [6.07, 6.45) is 13.7. The van der Waals surface area contributed by atoms with E-state index in [-0.39, 0.29) is 29.6 Å². The summed E-state index contributed by atoms with van der Waals surface area (Å²) < 4.78 is 41.2. The molecule has 0 spiro atoms. The van der Waals surface area contributed by atoms with Gasteiger partial charge in [-0.3, -0.25) is 9.97 Å². The molecule has 8 aromatic rings. The highest BCUT2D eigenvalue weighted by Gasteiger charge is 2.15. The number of halogens is 2. The average Bonchev–Trinajstić information content (AvgIpc) is 3.96. The Bertz CT molecular complexity index is 2750. The molecule has 0 aliphatic heterocycles. The number of pyridine rings is 2. The molecule has 6 heterocycles. The van der Waals surface area contributed by atoms with Gasteiger partial charge < -0.3 is 24.4 Å². The van der Waals surface area contributed by atoms with Crippen LogP contribution < -0.4 is 4.74 Å². The number of benzene rings is 2. The van der Waals surface area contributed by atoms with Crippen LogP contribution >= 0.6 is 22.7 Å². The summed E-state index contributed by atoms with van der Waals surface area (Å²) in [5.74, 6) is -0.965. The molecule has 0 amide bonds. The van der Waals surface area contributed by atoms with E-state index in [2.05, 4.69) is 34.6 Å². The Morgan fingerprint density at radius 1 is 0.635 bits per heavy atom. The van der Waals surface area contributed by atoms with E-state index < -0.39 is 11.9 Å². The van der Waals surface area contributed by atoms with Crippen LogP contribution in [0.2, 0.25) is 0 Å². The van der Waals surface area contributed by atoms with Gasteiger partial charge in [0.2, 0.25) is 0 Å². The number of thiophene rings is 2. The predicted molar refractivity (Wildman–Crippen MR) is 237 cm³/mol. The summed E-state index contributed by atoms with van der Waals surface area (Å²) >= 11 is 3.13. The number of hydrogen-bond acceptors (Lipinski definition) is 15. The number of aliphatic hydroxyl groups excluding tert-OH is 1. The number of carbonyl (C=O) groups is 2. The lowest BCUT2D eigenvalue weighted by atomic mass is 10.0. The topological polar surface area (TPSA) is 180 Å². The van der Waals surface area contributed by atoms with Crippen LogP contribution in [0.3, 0.4) is 0 Å². The first kappa shape index (κ1) is 45.7. The van der Waals surface area contributed by atoms with Gasteiger partial charge in [-0.2, -0.15) is 0 Å². The minimum absolute atomic E-state index is 0.0482. The van der Waals surface area contributed by atoms with E-state index in [1.165, 1.54) is 63.1 Å². The first-order valence-corrected chi connectivity index (χ1v) is 21.4. The Hall–Kier alpha value is -6.82. The largest absolute Gasteiger partial charge is 0.506 e. The van der Waals surface area contributed by atoms with Gasteiger partial charge in [0, 0.05) is 51.7 Å². The molecule has 13 nitrogen and oxygen atoms in total. The van der Waals surface area contributed by atoms with E-state index in [4.69, 9.17) is 19.7 Å². The summed E-state index contributed by atoms with van der Waals surface area (Å²) in [4.78, 5) is 49.4. The van der Waals surface area contributed by atoms with Gasteiger partial charge in [-0.15, -0.1) is 22.7 Å². The highest BCUT2D eigenvalue weighted by atomic mass is 32.1. The van der Waals surface area contributed by atoms with E-state index in [0.717, 1.165) is 92.6 Å². The normalized spacial score (nSPS) is 10.7. The van der Waals surface area contributed by atoms with E-state index in [1.54, 1.807) is 71.9 Å². The molecule has 17 heteroatoms. The van der Waals surface area contributed by atoms with Crippen molar-refractivity contribution >= 4 is 55.0 Å². The minimum Gasteiger partial charge on any atom is -0.506 e. The van der Waals surface area contributed by atoms with Gasteiger partial charge in [-0.1, -0.05) is 24.3 Å². The molecule has 0 unspecified atom stereocenters. The van der Waals surface area contributed by atoms with Crippen molar-refractivity contribution in [2.45, 2.75) is 38.5 Å². The van der Waals surface area contributed by atoms with E-state index >= 15 is 0 Å². The monoisotopic (exact) mass is 892 g/mol. The van der Waals surface area contributed by atoms with Crippen molar-refractivity contribution in [3.63, 3.8) is 0 Å². The molecule has 2 aromatic carbocycles. The summed E-state index contributed by atoms with van der Waals surface area (Å²) in [7, 11) is 2.60. The minimum atomic E-state index is -0.506. The number of rotatable bonds is 14. The third kappa shape index (κ3) is 12.4. The number of methoxy groups -OCH3 is 2. The maximum Gasteiger partial charge on any atom is 0.339 e. The Morgan fingerprint density at radius 2 is 1.13 bits per heavy atom. The van der Waals surface area contributed by atoms with Crippen molar-refractivity contribution in [1.82, 2.24) is 29.9 Å². The third-order valence-corrected chi connectivity index (χ3v) is 11.2. The molecule has 0 atom stereocenters. The standard InChI is InChI=1S/C23H20FN3O3S.C16H15FN2OS.C7H7NO3/c1-29-23(28)16-10-18(12-25-11-16)30-9-3-2-4-20-21-19(13-31-22(21)27-14-26-20)15-5-7-17(24)8-6-15;17-12-6-4-11(5-7-12)13-9-21-16-15(13)14(18-10-19-16)3-1-2-8-20;1-11-7(10)5-2-6(9)4-8-3-5/h5-8,10-14H,2-4,9H2,1H3;4-7,9-10,20H,1-3,8H2;2-4,9H,1H3. The second kappa shape index (κ2) is 22.9. The van der Waals surface area contributed by atoms with Gasteiger partial charge in [-0.05, 0) is 86.1 Å². The number of unbranched alkanes of at least 4 members (excludes halogenated alkanes) is 2. The Morgan fingerprint density at radius 3 is 1.62 bits per heavy atom. The zero-order valence-corrected chi connectivity index (χ0v) is 35.9. The van der Waals surface area contributed by atoms with E-state index in [9.17, 15) is 18.4 Å². The third-order valence-electron chi connectivity index (χ3n) is 9.39. The fourth-order valence-corrected chi connectivity index (χ4v) is 8.18. The number of esters is 2. The first-order valence-electron chi connectivity index (χ1n) is 19.6. The number of nitrogens with zero attached hydrogens (tertiary/aromatic N) is 6. The maximum absolute atomic E-state index is 13.3. The number of aromatic hydroxyl groups is 1. The zero-order valence-electron chi connectivity index (χ0n) is 34.2. The van der Waals surface area contributed by atoms with Gasteiger partial charge in [0.1, 0.15) is 45.4 Å². The van der Waals surface area contributed by atoms with Crippen LogP contribution in [0.25, 0.3) is 42.7 Å². The molecule has 0 saturated heterocycles. The zero-order chi connectivity index (χ0) is 44.6. The van der Waals surface area contributed by atoms with Gasteiger partial charge in [0.05, 0.1) is 55.7 Å². The molecule has 8 rings (SSSR count). The number of fused-ring (bicyclic) bond motifs is 2. The van der Waals surface area contributed by atoms with Crippen molar-refractivity contribution in [2.75, 3.05) is 27.4 Å². The van der Waals surface area contributed by atoms with E-state index in [0.29, 0.717) is 17.9 Å². The van der Waals surface area contributed by atoms with Crippen molar-refractivity contribution in [3.05, 3.63) is 143 Å². The van der Waals surface area contributed by atoms with Gasteiger partial charge >= 0.3 is 11.9 Å². The van der Waals surface area contributed by atoms with Crippen LogP contribution in [0.1, 0.15) is 57.8 Å². The number of aryl methyl sites for hydroxylation is 2. The molecule has 2 N–H and O–H groups in total. The molecular weight excluding hydrogens is 851 g/mol. The van der Waals surface area contributed by atoms with Crippen LogP contribution in [0.4, 0.5) is 8.78 Å². The lowest BCUT2D eigenvalue weighted by Gasteiger charge is -2.08. The highest BCUT2D eigenvalue weighted by molar-refractivity contribution is 7.17. The van der Waals surface area contributed by atoms with Crippen LogP contribution in [0.5, 0.6) is 11.5 Å². The van der Waals surface area contributed by atoms with Gasteiger partial charge in [0.25, 0.3) is 0 Å². The number of aromatic nitrogens is 6. The lowest BCUT2D eigenvalue weighted by molar-refractivity contribution is 0.0591. The molecular formula is C46H42F2N6O7S2. The van der Waals surface area contributed by atoms with E-state index in [1.807, 2.05) is 10.8 Å². The molecule has 0 saturated carbocycles. The SMILES string of the molecule is COC(=O)c1cncc(O)c1.COC(=O)c1cncc(OCCCCc2ncnc3scc(-c4ccc(F)cc4)c23)c1.OCCCCc1ncnc2scc(-c3ccc(F)cc3)c12. The van der Waals surface area contributed by atoms with Crippen LogP contribution in [0, 0.1) is 11.6 Å². The number of ether oxygens (including phenoxy) is 3. The Balaban J connectivity index is 0.000000177. The van der Waals surface area contributed by atoms with Gasteiger partial charge in [-0.25, -0.2) is 38.3 Å². The fraction of sp³-hybridized carbons (Fsp3) is 0.217. The molecule has 0 radical (unpaired) electrons. The molecule has 324 valence electrons. The molecule has 0 aliphatic rings. The Kier molecular flexibility index (Phi) is 16.6. The summed E-state index contributed by atoms with van der Waals surface area (Å²) in [5.41, 5.74) is 6.56. The first-order chi connectivity index (χ1) is 30.7. The van der Waals surface area contributed by atoms with Crippen molar-refractivity contribution in [2.24, 2.45) is 0 Å². The smallest absolute Gasteiger partial charge is 0.339 e.